The van der Waals surface area contributed by atoms with Gasteiger partial charge in [-0.1, -0.05) is 32.1 Å². The predicted molar refractivity (Wildman–Crippen MR) is 98.4 cm³/mol. The Bertz CT molecular complexity index is 843. The molecule has 2 aromatic heterocycles. The van der Waals surface area contributed by atoms with Gasteiger partial charge in [0.25, 0.3) is 0 Å². The number of hydrogen-bond acceptors (Lipinski definition) is 8. The number of ether oxygens (including phenoxy) is 1. The van der Waals surface area contributed by atoms with E-state index in [-0.39, 0.29) is 5.82 Å². The van der Waals surface area contributed by atoms with Gasteiger partial charge in [-0.3, -0.25) is 4.57 Å². The van der Waals surface area contributed by atoms with E-state index in [2.05, 4.69) is 33.7 Å². The number of hydrogen-bond donors (Lipinski definition) is 4. The molecule has 5 N–H and O–H groups in total. The van der Waals surface area contributed by atoms with E-state index in [1.54, 1.807) is 0 Å². The van der Waals surface area contributed by atoms with E-state index in [1.165, 1.54) is 17.3 Å². The molecule has 1 saturated heterocycles. The number of anilines is 1. The number of fused-ring (bicyclic) bond motifs is 1. The van der Waals surface area contributed by atoms with Crippen molar-refractivity contribution in [3.8, 4) is 11.8 Å². The molecular formula is C18H25N5O4. The fourth-order valence-corrected chi connectivity index (χ4v) is 3.13. The summed E-state index contributed by atoms with van der Waals surface area (Å²) < 4.78 is 7.14. The van der Waals surface area contributed by atoms with Crippen LogP contribution in [0.25, 0.3) is 11.2 Å². The third-order valence-electron chi connectivity index (χ3n) is 4.63. The van der Waals surface area contributed by atoms with Crippen molar-refractivity contribution in [3.05, 3.63) is 12.2 Å². The van der Waals surface area contributed by atoms with E-state index in [4.69, 9.17) is 10.5 Å². The van der Waals surface area contributed by atoms with E-state index in [0.717, 1.165) is 25.7 Å². The minimum absolute atomic E-state index is 0.191. The van der Waals surface area contributed by atoms with E-state index in [9.17, 15) is 15.3 Å². The normalized spacial score (nSPS) is 24.9. The molecule has 2 aromatic rings. The van der Waals surface area contributed by atoms with Crippen LogP contribution in [-0.2, 0) is 4.74 Å². The van der Waals surface area contributed by atoms with Crippen LogP contribution in [0.5, 0.6) is 0 Å². The van der Waals surface area contributed by atoms with Gasteiger partial charge < -0.3 is 25.8 Å². The van der Waals surface area contributed by atoms with Gasteiger partial charge in [-0.15, -0.1) is 0 Å². The molecular weight excluding hydrogens is 350 g/mol. The quantitative estimate of drug-likeness (QED) is 0.419. The number of unbranched alkanes of at least 4 members (excludes halogenated alkanes) is 4. The van der Waals surface area contributed by atoms with Gasteiger partial charge in [0.1, 0.15) is 24.6 Å². The van der Waals surface area contributed by atoms with Crippen LogP contribution in [0, 0.1) is 11.8 Å². The predicted octanol–water partition coefficient (Wildman–Crippen LogP) is 0.342. The van der Waals surface area contributed by atoms with Crippen molar-refractivity contribution in [1.82, 2.24) is 19.5 Å². The average molecular weight is 375 g/mol. The summed E-state index contributed by atoms with van der Waals surface area (Å²) in [5, 5.41) is 29.8. The molecule has 9 nitrogen and oxygen atoms in total. The van der Waals surface area contributed by atoms with Gasteiger partial charge in [0.2, 0.25) is 0 Å². The molecule has 27 heavy (non-hydrogen) atoms. The van der Waals surface area contributed by atoms with Crippen molar-refractivity contribution >= 4 is 17.0 Å². The smallest absolute Gasteiger partial charge is 0.189 e. The maximum Gasteiger partial charge on any atom is 0.189 e. The van der Waals surface area contributed by atoms with Crippen LogP contribution in [-0.4, -0.2) is 59.8 Å². The minimum atomic E-state index is -1.26. The molecule has 0 bridgehead atoms. The van der Waals surface area contributed by atoms with Crippen molar-refractivity contribution < 1.29 is 20.1 Å². The lowest BCUT2D eigenvalue weighted by molar-refractivity contribution is -0.0514. The van der Waals surface area contributed by atoms with Gasteiger partial charge in [0, 0.05) is 6.42 Å². The standard InChI is InChI=1S/C18H25N5O4/c1-2-3-4-5-6-7-8-12-22-13-16(19)20-10-21-17(13)23(12)18-15(26)14(25)11(9-24)27-18/h10-11,14-15,18,24-26H,2-6,9H2,1H3,(H2,19,20,21)/t11-,14-,15-,18?/m1/s1. The zero-order valence-corrected chi connectivity index (χ0v) is 15.2. The summed E-state index contributed by atoms with van der Waals surface area (Å²) in [6.07, 6.45) is 2.08. The molecule has 1 unspecified atom stereocenters. The third-order valence-corrected chi connectivity index (χ3v) is 4.63. The minimum Gasteiger partial charge on any atom is -0.394 e. The highest BCUT2D eigenvalue weighted by molar-refractivity contribution is 5.82. The highest BCUT2D eigenvalue weighted by atomic mass is 16.6. The molecule has 3 heterocycles. The summed E-state index contributed by atoms with van der Waals surface area (Å²) >= 11 is 0. The van der Waals surface area contributed by atoms with Gasteiger partial charge in [-0.25, -0.2) is 15.0 Å². The molecule has 0 saturated carbocycles. The van der Waals surface area contributed by atoms with Crippen LogP contribution in [0.4, 0.5) is 5.82 Å². The van der Waals surface area contributed by atoms with Gasteiger partial charge in [0.05, 0.1) is 6.61 Å². The molecule has 1 fully saturated rings. The number of nitrogens with zero attached hydrogens (tertiary/aromatic N) is 4. The first-order valence-electron chi connectivity index (χ1n) is 9.18. The topological polar surface area (TPSA) is 140 Å². The number of nitrogens with two attached hydrogens (primary N) is 1. The molecule has 1 aliphatic rings. The molecule has 146 valence electrons. The molecule has 0 radical (unpaired) electrons. The van der Waals surface area contributed by atoms with E-state index in [1.807, 2.05) is 0 Å². The fourth-order valence-electron chi connectivity index (χ4n) is 3.13. The summed E-state index contributed by atoms with van der Waals surface area (Å²) in [4.78, 5) is 12.5. The highest BCUT2D eigenvalue weighted by Crippen LogP contribution is 2.33. The summed E-state index contributed by atoms with van der Waals surface area (Å²) in [6, 6.07) is 0. The van der Waals surface area contributed by atoms with Crippen LogP contribution >= 0.6 is 0 Å². The van der Waals surface area contributed by atoms with Gasteiger partial charge in [-0.05, 0) is 12.3 Å². The van der Waals surface area contributed by atoms with Crippen LogP contribution in [0.2, 0.25) is 0 Å². The summed E-state index contributed by atoms with van der Waals surface area (Å²) in [5.41, 5.74) is 6.60. The van der Waals surface area contributed by atoms with Gasteiger partial charge in [0.15, 0.2) is 29.0 Å². The molecule has 3 rings (SSSR count). The first kappa shape index (κ1) is 19.5. The van der Waals surface area contributed by atoms with Crippen LogP contribution in [0.3, 0.4) is 0 Å². The molecule has 0 aromatic carbocycles. The molecule has 0 spiro atoms. The Hall–Kier alpha value is -2.25. The molecule has 4 atom stereocenters. The number of imidazole rings is 1. The number of aliphatic hydroxyl groups is 3. The second-order valence-electron chi connectivity index (χ2n) is 6.58. The van der Waals surface area contributed by atoms with Crippen molar-refractivity contribution in [2.45, 2.75) is 63.6 Å². The van der Waals surface area contributed by atoms with Crippen molar-refractivity contribution in [2.24, 2.45) is 0 Å². The lowest BCUT2D eigenvalue weighted by atomic mass is 10.1. The summed E-state index contributed by atoms with van der Waals surface area (Å²) in [5.74, 6) is 6.59. The van der Waals surface area contributed by atoms with Gasteiger partial charge >= 0.3 is 0 Å². The Labute approximate surface area is 157 Å². The molecule has 0 amide bonds. The third kappa shape index (κ3) is 3.89. The van der Waals surface area contributed by atoms with E-state index >= 15 is 0 Å². The van der Waals surface area contributed by atoms with Crippen molar-refractivity contribution in [2.75, 3.05) is 12.3 Å². The Kier molecular flexibility index (Phi) is 6.23. The maximum atomic E-state index is 10.4. The number of aliphatic hydroxyl groups excluding tert-OH is 3. The number of nitrogen functional groups attached to an aromatic ring is 1. The molecule has 1 aliphatic heterocycles. The maximum absolute atomic E-state index is 10.4. The van der Waals surface area contributed by atoms with Crippen molar-refractivity contribution in [1.29, 1.82) is 0 Å². The van der Waals surface area contributed by atoms with E-state index < -0.39 is 31.1 Å². The SMILES string of the molecule is CCCCCCC#Cc1nc2c(N)ncnc2n1C1O[C@H](CO)[C@@H](O)[C@H]1O. The highest BCUT2D eigenvalue weighted by Gasteiger charge is 2.44. The molecule has 0 aliphatic carbocycles. The van der Waals surface area contributed by atoms with E-state index in [0.29, 0.717) is 17.0 Å². The lowest BCUT2D eigenvalue weighted by Gasteiger charge is -2.17. The first-order chi connectivity index (χ1) is 13.1. The van der Waals surface area contributed by atoms with Gasteiger partial charge in [-0.2, -0.15) is 0 Å². The first-order valence-corrected chi connectivity index (χ1v) is 9.18. The summed E-state index contributed by atoms with van der Waals surface area (Å²) in [6.45, 7) is 1.73. The van der Waals surface area contributed by atoms with Crippen LogP contribution in [0.15, 0.2) is 6.33 Å². The summed E-state index contributed by atoms with van der Waals surface area (Å²) in [7, 11) is 0. The largest absolute Gasteiger partial charge is 0.394 e. The fraction of sp³-hybridized carbons (Fsp3) is 0.611. The van der Waals surface area contributed by atoms with Crippen molar-refractivity contribution in [3.63, 3.8) is 0 Å². The zero-order valence-electron chi connectivity index (χ0n) is 15.2. The lowest BCUT2D eigenvalue weighted by Crippen LogP contribution is -2.33. The zero-order chi connectivity index (χ0) is 19.4. The number of aromatic nitrogens is 4. The average Bonchev–Trinajstić information content (AvgIpc) is 3.17. The Morgan fingerprint density at radius 1 is 1.22 bits per heavy atom. The Balaban J connectivity index is 1.95. The Morgan fingerprint density at radius 2 is 2.04 bits per heavy atom. The monoisotopic (exact) mass is 375 g/mol. The second kappa shape index (κ2) is 8.63. The van der Waals surface area contributed by atoms with Crippen LogP contribution in [0.1, 0.15) is 51.1 Å². The molecule has 9 heteroatoms. The van der Waals surface area contributed by atoms with Crippen LogP contribution < -0.4 is 5.73 Å². The Morgan fingerprint density at radius 3 is 2.74 bits per heavy atom. The number of rotatable bonds is 6. The second-order valence-corrected chi connectivity index (χ2v) is 6.58.